The van der Waals surface area contributed by atoms with Gasteiger partial charge in [-0.15, -0.1) is 0 Å². The van der Waals surface area contributed by atoms with Crippen LogP contribution in [0.2, 0.25) is 0 Å². The Morgan fingerprint density at radius 1 is 0.929 bits per heavy atom. The van der Waals surface area contributed by atoms with E-state index >= 15 is 0 Å². The average Bonchev–Trinajstić information content (AvgIpc) is 1.96. The summed E-state index contributed by atoms with van der Waals surface area (Å²) in [5, 5.41) is 0. The van der Waals surface area contributed by atoms with Crippen LogP contribution in [0.1, 0.15) is 52.4 Å². The van der Waals surface area contributed by atoms with Crippen LogP contribution >= 0.6 is 0 Å². The summed E-state index contributed by atoms with van der Waals surface area (Å²) in [6, 6.07) is 0. The van der Waals surface area contributed by atoms with Gasteiger partial charge in [0.1, 0.15) is 0 Å². The summed E-state index contributed by atoms with van der Waals surface area (Å²) in [7, 11) is 0. The third kappa shape index (κ3) is 1.41. The molecule has 0 N–H and O–H groups in total. The molecule has 0 atom stereocenters. The van der Waals surface area contributed by atoms with Crippen LogP contribution in [0.25, 0.3) is 0 Å². The fourth-order valence-electron chi connectivity index (χ4n) is 4.68. The predicted molar refractivity (Wildman–Crippen MR) is 57.1 cm³/mol. The van der Waals surface area contributed by atoms with Crippen LogP contribution in [-0.2, 0) is 4.74 Å². The standard InChI is InChI=1S/C13H22O/c1-9(2)14-13-6-10-3-11(7-13)5-12(4-10)8-13/h9-12H,3-8H2,1-2H3. The molecule has 0 heterocycles. The van der Waals surface area contributed by atoms with Gasteiger partial charge < -0.3 is 4.74 Å². The largest absolute Gasteiger partial charge is 0.372 e. The Hall–Kier alpha value is -0.0400. The second-order valence-corrected chi connectivity index (χ2v) is 6.27. The summed E-state index contributed by atoms with van der Waals surface area (Å²) in [6.45, 7) is 4.39. The zero-order valence-electron chi connectivity index (χ0n) is 9.46. The predicted octanol–water partition coefficient (Wildman–Crippen LogP) is 3.38. The van der Waals surface area contributed by atoms with E-state index in [1.54, 1.807) is 0 Å². The van der Waals surface area contributed by atoms with Gasteiger partial charge in [-0.05, 0) is 70.1 Å². The molecule has 0 unspecified atom stereocenters. The van der Waals surface area contributed by atoms with Crippen molar-refractivity contribution in [2.24, 2.45) is 17.8 Å². The van der Waals surface area contributed by atoms with Crippen LogP contribution < -0.4 is 0 Å². The summed E-state index contributed by atoms with van der Waals surface area (Å²) < 4.78 is 6.25. The van der Waals surface area contributed by atoms with Crippen molar-refractivity contribution in [3.8, 4) is 0 Å². The Kier molecular flexibility index (Phi) is 1.96. The molecular formula is C13H22O. The Morgan fingerprint density at radius 2 is 1.36 bits per heavy atom. The van der Waals surface area contributed by atoms with Gasteiger partial charge in [-0.3, -0.25) is 0 Å². The zero-order valence-corrected chi connectivity index (χ0v) is 9.46. The van der Waals surface area contributed by atoms with Gasteiger partial charge in [-0.2, -0.15) is 0 Å². The fraction of sp³-hybridized carbons (Fsp3) is 1.00. The molecule has 1 heteroatoms. The lowest BCUT2D eigenvalue weighted by Crippen LogP contribution is -2.52. The first kappa shape index (κ1) is 9.21. The molecule has 0 aromatic heterocycles. The molecule has 0 aromatic carbocycles. The minimum atomic E-state index is 0.322. The molecule has 0 spiro atoms. The van der Waals surface area contributed by atoms with E-state index < -0.39 is 0 Å². The molecular weight excluding hydrogens is 172 g/mol. The summed E-state index contributed by atoms with van der Waals surface area (Å²) >= 11 is 0. The lowest BCUT2D eigenvalue weighted by molar-refractivity contribution is -0.180. The normalized spacial score (nSPS) is 50.4. The highest BCUT2D eigenvalue weighted by molar-refractivity contribution is 5.03. The Balaban J connectivity index is 1.80. The van der Waals surface area contributed by atoms with Crippen LogP contribution in [0.3, 0.4) is 0 Å². The van der Waals surface area contributed by atoms with E-state index in [2.05, 4.69) is 13.8 Å². The molecule has 4 fully saturated rings. The molecule has 0 saturated heterocycles. The Bertz CT molecular complexity index is 190. The highest BCUT2D eigenvalue weighted by Gasteiger charge is 2.51. The minimum absolute atomic E-state index is 0.322. The van der Waals surface area contributed by atoms with Crippen molar-refractivity contribution in [3.05, 3.63) is 0 Å². The molecule has 4 saturated carbocycles. The first-order valence-electron chi connectivity index (χ1n) is 6.33. The number of rotatable bonds is 2. The molecule has 4 aliphatic carbocycles. The molecule has 14 heavy (non-hydrogen) atoms. The van der Waals surface area contributed by atoms with Gasteiger partial charge in [-0.1, -0.05) is 0 Å². The van der Waals surface area contributed by atoms with E-state index in [1.807, 2.05) is 0 Å². The maximum atomic E-state index is 6.25. The van der Waals surface area contributed by atoms with Crippen molar-refractivity contribution in [2.45, 2.75) is 64.1 Å². The topological polar surface area (TPSA) is 9.23 Å². The lowest BCUT2D eigenvalue weighted by atomic mass is 9.54. The first-order chi connectivity index (χ1) is 6.65. The molecule has 4 rings (SSSR count). The lowest BCUT2D eigenvalue weighted by Gasteiger charge is -2.56. The van der Waals surface area contributed by atoms with Crippen molar-refractivity contribution < 1.29 is 4.74 Å². The fourth-order valence-corrected chi connectivity index (χ4v) is 4.68. The third-order valence-corrected chi connectivity index (χ3v) is 4.47. The van der Waals surface area contributed by atoms with E-state index in [0.29, 0.717) is 11.7 Å². The summed E-state index contributed by atoms with van der Waals surface area (Å²) in [5.74, 6) is 3.04. The minimum Gasteiger partial charge on any atom is -0.372 e. The first-order valence-corrected chi connectivity index (χ1v) is 6.33. The second kappa shape index (κ2) is 2.98. The van der Waals surface area contributed by atoms with Gasteiger partial charge in [-0.25, -0.2) is 0 Å². The second-order valence-electron chi connectivity index (χ2n) is 6.27. The maximum Gasteiger partial charge on any atom is 0.0694 e. The zero-order chi connectivity index (χ0) is 9.76. The Morgan fingerprint density at radius 3 is 1.71 bits per heavy atom. The van der Waals surface area contributed by atoms with Gasteiger partial charge in [0, 0.05) is 0 Å². The molecule has 4 bridgehead atoms. The number of ether oxygens (including phenoxy) is 1. The van der Waals surface area contributed by atoms with Gasteiger partial charge in [0.25, 0.3) is 0 Å². The number of hydrogen-bond acceptors (Lipinski definition) is 1. The third-order valence-electron chi connectivity index (χ3n) is 4.47. The van der Waals surface area contributed by atoms with Crippen LogP contribution in [0.5, 0.6) is 0 Å². The molecule has 0 radical (unpaired) electrons. The van der Waals surface area contributed by atoms with Crippen molar-refractivity contribution in [2.75, 3.05) is 0 Å². The van der Waals surface area contributed by atoms with Crippen molar-refractivity contribution in [1.82, 2.24) is 0 Å². The summed E-state index contributed by atoms with van der Waals surface area (Å²) in [6.07, 6.45) is 9.08. The quantitative estimate of drug-likeness (QED) is 0.655. The molecule has 0 aliphatic heterocycles. The van der Waals surface area contributed by atoms with E-state index in [1.165, 1.54) is 38.5 Å². The molecule has 1 nitrogen and oxygen atoms in total. The van der Waals surface area contributed by atoms with Gasteiger partial charge in [0.05, 0.1) is 11.7 Å². The molecule has 0 amide bonds. The highest BCUT2D eigenvalue weighted by atomic mass is 16.5. The van der Waals surface area contributed by atoms with E-state index in [-0.39, 0.29) is 0 Å². The monoisotopic (exact) mass is 194 g/mol. The summed E-state index contributed by atoms with van der Waals surface area (Å²) in [4.78, 5) is 0. The van der Waals surface area contributed by atoms with Gasteiger partial charge >= 0.3 is 0 Å². The summed E-state index contributed by atoms with van der Waals surface area (Å²) in [5.41, 5.74) is 0.322. The van der Waals surface area contributed by atoms with Crippen molar-refractivity contribution in [1.29, 1.82) is 0 Å². The molecule has 0 aromatic rings. The molecule has 80 valence electrons. The van der Waals surface area contributed by atoms with Crippen LogP contribution in [-0.4, -0.2) is 11.7 Å². The van der Waals surface area contributed by atoms with Crippen molar-refractivity contribution in [3.63, 3.8) is 0 Å². The van der Waals surface area contributed by atoms with E-state index in [9.17, 15) is 0 Å². The van der Waals surface area contributed by atoms with Gasteiger partial charge in [0.15, 0.2) is 0 Å². The number of hydrogen-bond donors (Lipinski definition) is 0. The van der Waals surface area contributed by atoms with Crippen LogP contribution in [0.4, 0.5) is 0 Å². The van der Waals surface area contributed by atoms with E-state index in [0.717, 1.165) is 17.8 Å². The highest BCUT2D eigenvalue weighted by Crippen LogP contribution is 2.57. The van der Waals surface area contributed by atoms with Crippen molar-refractivity contribution >= 4 is 0 Å². The Labute approximate surface area is 87.2 Å². The van der Waals surface area contributed by atoms with Crippen LogP contribution in [0.15, 0.2) is 0 Å². The molecule has 4 aliphatic rings. The SMILES string of the molecule is CC(C)OC12CC3CC(CC(C3)C1)C2. The van der Waals surface area contributed by atoms with Gasteiger partial charge in [0.2, 0.25) is 0 Å². The van der Waals surface area contributed by atoms with E-state index in [4.69, 9.17) is 4.74 Å². The smallest absolute Gasteiger partial charge is 0.0694 e. The average molecular weight is 194 g/mol. The van der Waals surface area contributed by atoms with Crippen LogP contribution in [0, 0.1) is 17.8 Å². The maximum absolute atomic E-state index is 6.25.